The molecule has 0 radical (unpaired) electrons. The summed E-state index contributed by atoms with van der Waals surface area (Å²) in [7, 11) is 0. The monoisotopic (exact) mass is 279 g/mol. The molecule has 0 aliphatic carbocycles. The average molecular weight is 279 g/mol. The first kappa shape index (κ1) is 13.5. The molecule has 0 bridgehead atoms. The Morgan fingerprint density at radius 2 is 1.68 bits per heavy atom. The van der Waals surface area contributed by atoms with Crippen LogP contribution < -0.4 is 5.32 Å². The summed E-state index contributed by atoms with van der Waals surface area (Å²) >= 11 is 1.36. The Bertz CT molecular complexity index is 555. The van der Waals surface area contributed by atoms with Gasteiger partial charge in [-0.15, -0.1) is 11.8 Å². The molecule has 0 aromatic heterocycles. The van der Waals surface area contributed by atoms with Crippen molar-refractivity contribution in [2.75, 3.05) is 11.1 Å². The van der Waals surface area contributed by atoms with Crippen molar-refractivity contribution in [2.24, 2.45) is 0 Å². The number of amides is 1. The van der Waals surface area contributed by atoms with Crippen molar-refractivity contribution in [3.05, 3.63) is 60.2 Å². The molecule has 2 aromatic rings. The number of thioether (sulfide) groups is 1. The molecule has 1 N–H and O–H groups in total. The normalized spacial score (nSPS) is 10.2. The quantitative estimate of drug-likeness (QED) is 0.865. The molecular formula is C14H11F2NOS. The molecule has 0 fully saturated rings. The van der Waals surface area contributed by atoms with E-state index in [0.717, 1.165) is 23.1 Å². The molecule has 0 aliphatic rings. The van der Waals surface area contributed by atoms with E-state index in [9.17, 15) is 13.6 Å². The van der Waals surface area contributed by atoms with Crippen LogP contribution in [-0.4, -0.2) is 11.7 Å². The van der Waals surface area contributed by atoms with Gasteiger partial charge in [0.1, 0.15) is 11.6 Å². The number of halogens is 2. The molecule has 1 amide bonds. The first-order chi connectivity index (χ1) is 9.13. The van der Waals surface area contributed by atoms with Crippen LogP contribution in [0.5, 0.6) is 0 Å². The summed E-state index contributed by atoms with van der Waals surface area (Å²) < 4.78 is 25.9. The van der Waals surface area contributed by atoms with Crippen molar-refractivity contribution in [1.29, 1.82) is 0 Å². The fraction of sp³-hybridized carbons (Fsp3) is 0.0714. The number of carbonyl (C=O) groups excluding carboxylic acids is 1. The van der Waals surface area contributed by atoms with Crippen molar-refractivity contribution in [3.8, 4) is 0 Å². The number of nitrogens with one attached hydrogen (secondary N) is 1. The third-order valence-corrected chi connectivity index (χ3v) is 3.27. The van der Waals surface area contributed by atoms with Crippen LogP contribution in [0.3, 0.4) is 0 Å². The Kier molecular flexibility index (Phi) is 4.52. The van der Waals surface area contributed by atoms with Gasteiger partial charge in [-0.1, -0.05) is 18.2 Å². The molecule has 2 aromatic carbocycles. The summed E-state index contributed by atoms with van der Waals surface area (Å²) in [4.78, 5) is 12.6. The van der Waals surface area contributed by atoms with Crippen LogP contribution in [0.25, 0.3) is 0 Å². The third kappa shape index (κ3) is 4.37. The standard InChI is InChI=1S/C14H11F2NOS/c15-10-6-11(16)8-12(7-10)17-14(18)9-19-13-4-2-1-3-5-13/h1-8H,9H2,(H,17,18). The second-order valence-corrected chi connectivity index (χ2v) is 4.86. The topological polar surface area (TPSA) is 29.1 Å². The van der Waals surface area contributed by atoms with Gasteiger partial charge in [0, 0.05) is 16.6 Å². The molecular weight excluding hydrogens is 268 g/mol. The van der Waals surface area contributed by atoms with Gasteiger partial charge in [-0.2, -0.15) is 0 Å². The number of benzene rings is 2. The zero-order chi connectivity index (χ0) is 13.7. The van der Waals surface area contributed by atoms with Gasteiger partial charge in [0.15, 0.2) is 0 Å². The van der Waals surface area contributed by atoms with Crippen molar-refractivity contribution < 1.29 is 13.6 Å². The fourth-order valence-electron chi connectivity index (χ4n) is 1.49. The summed E-state index contributed by atoms with van der Waals surface area (Å²) in [6, 6.07) is 12.3. The maximum absolute atomic E-state index is 12.9. The van der Waals surface area contributed by atoms with E-state index in [-0.39, 0.29) is 17.3 Å². The van der Waals surface area contributed by atoms with E-state index in [1.807, 2.05) is 30.3 Å². The highest BCUT2D eigenvalue weighted by Gasteiger charge is 2.06. The summed E-state index contributed by atoms with van der Waals surface area (Å²) in [5.41, 5.74) is 0.121. The molecule has 0 aliphatic heterocycles. The minimum atomic E-state index is -0.717. The maximum atomic E-state index is 12.9. The largest absolute Gasteiger partial charge is 0.325 e. The molecule has 0 spiro atoms. The second kappa shape index (κ2) is 6.33. The maximum Gasteiger partial charge on any atom is 0.234 e. The number of hydrogen-bond donors (Lipinski definition) is 1. The molecule has 2 rings (SSSR count). The Morgan fingerprint density at radius 3 is 2.32 bits per heavy atom. The first-order valence-electron chi connectivity index (χ1n) is 5.57. The van der Waals surface area contributed by atoms with E-state index >= 15 is 0 Å². The van der Waals surface area contributed by atoms with Gasteiger partial charge in [-0.25, -0.2) is 8.78 Å². The predicted molar refractivity (Wildman–Crippen MR) is 72.2 cm³/mol. The molecule has 98 valence electrons. The molecule has 0 unspecified atom stereocenters. The lowest BCUT2D eigenvalue weighted by molar-refractivity contribution is -0.113. The molecule has 0 heterocycles. The zero-order valence-electron chi connectivity index (χ0n) is 9.90. The molecule has 0 atom stereocenters. The molecule has 0 saturated carbocycles. The number of carbonyl (C=O) groups is 1. The van der Waals surface area contributed by atoms with Crippen LogP contribution in [0.1, 0.15) is 0 Å². The Labute approximate surface area is 113 Å². The van der Waals surface area contributed by atoms with Crippen molar-refractivity contribution in [2.45, 2.75) is 4.90 Å². The predicted octanol–water partition coefficient (Wildman–Crippen LogP) is 3.70. The lowest BCUT2D eigenvalue weighted by Gasteiger charge is -2.05. The first-order valence-corrected chi connectivity index (χ1v) is 6.56. The third-order valence-electron chi connectivity index (χ3n) is 2.26. The van der Waals surface area contributed by atoms with Crippen LogP contribution >= 0.6 is 11.8 Å². The van der Waals surface area contributed by atoms with Gasteiger partial charge in [-0.3, -0.25) is 4.79 Å². The van der Waals surface area contributed by atoms with Crippen LogP contribution in [0.4, 0.5) is 14.5 Å². The summed E-state index contributed by atoms with van der Waals surface area (Å²) in [6.07, 6.45) is 0. The SMILES string of the molecule is O=C(CSc1ccccc1)Nc1cc(F)cc(F)c1. The lowest BCUT2D eigenvalue weighted by Crippen LogP contribution is -2.14. The van der Waals surface area contributed by atoms with Gasteiger partial charge < -0.3 is 5.32 Å². The average Bonchev–Trinajstić information content (AvgIpc) is 2.36. The Balaban J connectivity index is 1.91. The minimum Gasteiger partial charge on any atom is -0.325 e. The highest BCUT2D eigenvalue weighted by atomic mass is 32.2. The molecule has 19 heavy (non-hydrogen) atoms. The smallest absolute Gasteiger partial charge is 0.234 e. The summed E-state index contributed by atoms with van der Waals surface area (Å²) in [6.45, 7) is 0. The Morgan fingerprint density at radius 1 is 1.05 bits per heavy atom. The molecule has 5 heteroatoms. The van der Waals surface area contributed by atoms with Gasteiger partial charge in [-0.05, 0) is 24.3 Å². The van der Waals surface area contributed by atoms with Gasteiger partial charge >= 0.3 is 0 Å². The van der Waals surface area contributed by atoms with Crippen molar-refractivity contribution >= 4 is 23.4 Å². The van der Waals surface area contributed by atoms with E-state index in [4.69, 9.17) is 0 Å². The second-order valence-electron chi connectivity index (χ2n) is 3.81. The van der Waals surface area contributed by atoms with E-state index in [0.29, 0.717) is 0 Å². The minimum absolute atomic E-state index is 0.121. The van der Waals surface area contributed by atoms with E-state index in [1.54, 1.807) is 0 Å². The summed E-state index contributed by atoms with van der Waals surface area (Å²) in [5.74, 6) is -1.56. The zero-order valence-corrected chi connectivity index (χ0v) is 10.7. The molecule has 0 saturated heterocycles. The van der Waals surface area contributed by atoms with E-state index in [2.05, 4.69) is 5.32 Å². The number of anilines is 1. The fourth-order valence-corrected chi connectivity index (χ4v) is 2.21. The van der Waals surface area contributed by atoms with Crippen LogP contribution in [0.2, 0.25) is 0 Å². The van der Waals surface area contributed by atoms with Gasteiger partial charge in [0.2, 0.25) is 5.91 Å². The highest BCUT2D eigenvalue weighted by molar-refractivity contribution is 8.00. The van der Waals surface area contributed by atoms with Gasteiger partial charge in [0.25, 0.3) is 0 Å². The van der Waals surface area contributed by atoms with Crippen molar-refractivity contribution in [1.82, 2.24) is 0 Å². The van der Waals surface area contributed by atoms with Crippen LogP contribution in [0.15, 0.2) is 53.4 Å². The highest BCUT2D eigenvalue weighted by Crippen LogP contribution is 2.18. The number of rotatable bonds is 4. The van der Waals surface area contributed by atoms with E-state index < -0.39 is 11.6 Å². The van der Waals surface area contributed by atoms with Crippen LogP contribution in [0, 0.1) is 11.6 Å². The summed E-state index contributed by atoms with van der Waals surface area (Å²) in [5, 5.41) is 2.45. The lowest BCUT2D eigenvalue weighted by atomic mass is 10.3. The van der Waals surface area contributed by atoms with Gasteiger partial charge in [0.05, 0.1) is 5.75 Å². The van der Waals surface area contributed by atoms with Crippen LogP contribution in [-0.2, 0) is 4.79 Å². The molecule has 2 nitrogen and oxygen atoms in total. The Hall–Kier alpha value is -1.88. The van der Waals surface area contributed by atoms with E-state index in [1.165, 1.54) is 11.8 Å². The van der Waals surface area contributed by atoms with Crippen molar-refractivity contribution in [3.63, 3.8) is 0 Å². The number of hydrogen-bond acceptors (Lipinski definition) is 2.